The molecule has 1 aliphatic rings. The number of rotatable bonds is 4. The van der Waals surface area contributed by atoms with Crippen LogP contribution >= 0.6 is 0 Å². The van der Waals surface area contributed by atoms with Crippen LogP contribution in [0.4, 0.5) is 10.1 Å². The lowest BCUT2D eigenvalue weighted by atomic mass is 9.75. The standard InChI is InChI=1S/C15H20FN3O2/c1-9(2)15(5-6-18-8-15)14(21)19-12-7-10(13(17)20)3-4-11(12)16/h3-4,7,9,18H,5-6,8H2,1-2H3,(H2,17,20)(H,19,21). The Balaban J connectivity index is 2.26. The number of hydrogen-bond acceptors (Lipinski definition) is 3. The third kappa shape index (κ3) is 2.90. The van der Waals surface area contributed by atoms with E-state index in [0.29, 0.717) is 13.0 Å². The van der Waals surface area contributed by atoms with Crippen molar-refractivity contribution in [3.05, 3.63) is 29.6 Å². The second kappa shape index (κ2) is 5.81. The van der Waals surface area contributed by atoms with Crippen LogP contribution in [0.1, 0.15) is 30.6 Å². The molecule has 0 aromatic heterocycles. The molecule has 0 radical (unpaired) electrons. The van der Waals surface area contributed by atoms with E-state index in [0.717, 1.165) is 12.6 Å². The van der Waals surface area contributed by atoms with Gasteiger partial charge in [-0.15, -0.1) is 0 Å². The average molecular weight is 293 g/mol. The van der Waals surface area contributed by atoms with Gasteiger partial charge in [-0.1, -0.05) is 13.8 Å². The quantitative estimate of drug-likeness (QED) is 0.786. The Morgan fingerprint density at radius 1 is 1.43 bits per heavy atom. The zero-order valence-electron chi connectivity index (χ0n) is 12.2. The molecular formula is C15H20FN3O2. The molecule has 1 atom stereocenters. The fourth-order valence-corrected chi connectivity index (χ4v) is 2.68. The van der Waals surface area contributed by atoms with E-state index in [1.807, 2.05) is 13.8 Å². The minimum atomic E-state index is -0.661. The molecule has 0 spiro atoms. The number of primary amides is 1. The third-order valence-corrected chi connectivity index (χ3v) is 4.24. The summed E-state index contributed by atoms with van der Waals surface area (Å²) in [7, 11) is 0. The van der Waals surface area contributed by atoms with Gasteiger partial charge in [-0.2, -0.15) is 0 Å². The van der Waals surface area contributed by atoms with Crippen LogP contribution < -0.4 is 16.4 Å². The van der Waals surface area contributed by atoms with Gasteiger partial charge in [-0.25, -0.2) is 4.39 Å². The van der Waals surface area contributed by atoms with Crippen molar-refractivity contribution in [1.29, 1.82) is 0 Å². The van der Waals surface area contributed by atoms with Crippen LogP contribution in [0, 0.1) is 17.2 Å². The molecule has 2 rings (SSSR count). The van der Waals surface area contributed by atoms with Gasteiger partial charge in [0.15, 0.2) is 0 Å². The first kappa shape index (κ1) is 15.4. The van der Waals surface area contributed by atoms with Gasteiger partial charge in [-0.3, -0.25) is 9.59 Å². The van der Waals surface area contributed by atoms with Gasteiger partial charge in [0.1, 0.15) is 5.82 Å². The van der Waals surface area contributed by atoms with Gasteiger partial charge >= 0.3 is 0 Å². The fourth-order valence-electron chi connectivity index (χ4n) is 2.68. The Morgan fingerprint density at radius 3 is 2.67 bits per heavy atom. The first-order valence-corrected chi connectivity index (χ1v) is 6.98. The summed E-state index contributed by atoms with van der Waals surface area (Å²) in [5.74, 6) is -1.36. The van der Waals surface area contributed by atoms with E-state index in [2.05, 4.69) is 10.6 Å². The second-order valence-corrected chi connectivity index (χ2v) is 5.75. The van der Waals surface area contributed by atoms with Gasteiger partial charge < -0.3 is 16.4 Å². The van der Waals surface area contributed by atoms with Crippen LogP contribution in [-0.4, -0.2) is 24.9 Å². The average Bonchev–Trinajstić information content (AvgIpc) is 2.91. The van der Waals surface area contributed by atoms with Crippen LogP contribution in [-0.2, 0) is 4.79 Å². The van der Waals surface area contributed by atoms with Crippen molar-refractivity contribution < 1.29 is 14.0 Å². The highest BCUT2D eigenvalue weighted by molar-refractivity contribution is 5.98. The molecule has 2 amide bonds. The molecule has 5 nitrogen and oxygen atoms in total. The Hall–Kier alpha value is -1.95. The largest absolute Gasteiger partial charge is 0.366 e. The van der Waals surface area contributed by atoms with Crippen LogP contribution in [0.2, 0.25) is 0 Å². The summed E-state index contributed by atoms with van der Waals surface area (Å²) in [6, 6.07) is 3.69. The van der Waals surface area contributed by atoms with Crippen molar-refractivity contribution in [2.75, 3.05) is 18.4 Å². The van der Waals surface area contributed by atoms with Crippen LogP contribution in [0.3, 0.4) is 0 Å². The van der Waals surface area contributed by atoms with Crippen molar-refractivity contribution >= 4 is 17.5 Å². The number of benzene rings is 1. The summed E-state index contributed by atoms with van der Waals surface area (Å²) < 4.78 is 13.8. The number of carbonyl (C=O) groups is 2. The van der Waals surface area contributed by atoms with Gasteiger partial charge in [-0.05, 0) is 37.1 Å². The number of carbonyl (C=O) groups excluding carboxylic acids is 2. The fraction of sp³-hybridized carbons (Fsp3) is 0.467. The minimum absolute atomic E-state index is 0.0109. The topological polar surface area (TPSA) is 84.2 Å². The molecule has 6 heteroatoms. The number of hydrogen-bond donors (Lipinski definition) is 3. The highest BCUT2D eigenvalue weighted by Crippen LogP contribution is 2.35. The maximum absolute atomic E-state index is 13.8. The molecule has 0 aliphatic carbocycles. The monoisotopic (exact) mass is 293 g/mol. The molecule has 1 aromatic rings. The number of anilines is 1. The maximum Gasteiger partial charge on any atom is 0.248 e. The predicted octanol–water partition coefficient (Wildman–Crippen LogP) is 1.50. The van der Waals surface area contributed by atoms with Gasteiger partial charge in [0.25, 0.3) is 0 Å². The molecule has 4 N–H and O–H groups in total. The Labute approximate surface area is 123 Å². The van der Waals surface area contributed by atoms with Crippen molar-refractivity contribution in [1.82, 2.24) is 5.32 Å². The number of nitrogens with one attached hydrogen (secondary N) is 2. The molecule has 1 saturated heterocycles. The Bertz CT molecular complexity index is 566. The predicted molar refractivity (Wildman–Crippen MR) is 78.3 cm³/mol. The van der Waals surface area contributed by atoms with Gasteiger partial charge in [0.05, 0.1) is 11.1 Å². The van der Waals surface area contributed by atoms with Crippen molar-refractivity contribution in [3.8, 4) is 0 Å². The van der Waals surface area contributed by atoms with E-state index in [4.69, 9.17) is 5.73 Å². The maximum atomic E-state index is 13.8. The molecule has 0 bridgehead atoms. The summed E-state index contributed by atoms with van der Waals surface area (Å²) in [4.78, 5) is 23.7. The zero-order valence-corrected chi connectivity index (χ0v) is 12.2. The van der Waals surface area contributed by atoms with E-state index >= 15 is 0 Å². The summed E-state index contributed by atoms with van der Waals surface area (Å²) in [6.45, 7) is 5.27. The normalized spacial score (nSPS) is 21.5. The molecule has 1 aromatic carbocycles. The molecular weight excluding hydrogens is 273 g/mol. The SMILES string of the molecule is CC(C)C1(C(=O)Nc2cc(C(N)=O)ccc2F)CCNC1. The van der Waals surface area contributed by atoms with E-state index in [1.165, 1.54) is 12.1 Å². The van der Waals surface area contributed by atoms with E-state index in [-0.39, 0.29) is 23.1 Å². The van der Waals surface area contributed by atoms with Gasteiger partial charge in [0.2, 0.25) is 11.8 Å². The lowest BCUT2D eigenvalue weighted by Crippen LogP contribution is -2.42. The molecule has 114 valence electrons. The molecule has 1 aliphatic heterocycles. The Kier molecular flexibility index (Phi) is 4.27. The van der Waals surface area contributed by atoms with Crippen molar-refractivity contribution in [3.63, 3.8) is 0 Å². The summed E-state index contributed by atoms with van der Waals surface area (Å²) >= 11 is 0. The highest BCUT2D eigenvalue weighted by Gasteiger charge is 2.44. The summed E-state index contributed by atoms with van der Waals surface area (Å²) in [5.41, 5.74) is 4.77. The van der Waals surface area contributed by atoms with E-state index in [9.17, 15) is 14.0 Å². The lowest BCUT2D eigenvalue weighted by Gasteiger charge is -2.31. The third-order valence-electron chi connectivity index (χ3n) is 4.24. The number of amides is 2. The molecule has 21 heavy (non-hydrogen) atoms. The molecule has 1 unspecified atom stereocenters. The molecule has 0 saturated carbocycles. The first-order chi connectivity index (χ1) is 9.86. The van der Waals surface area contributed by atoms with Crippen LogP contribution in [0.25, 0.3) is 0 Å². The smallest absolute Gasteiger partial charge is 0.248 e. The van der Waals surface area contributed by atoms with E-state index in [1.54, 1.807) is 0 Å². The van der Waals surface area contributed by atoms with Crippen LogP contribution in [0.15, 0.2) is 18.2 Å². The van der Waals surface area contributed by atoms with E-state index < -0.39 is 17.1 Å². The van der Waals surface area contributed by atoms with Gasteiger partial charge in [0, 0.05) is 12.1 Å². The number of nitrogens with two attached hydrogens (primary N) is 1. The molecule has 1 heterocycles. The van der Waals surface area contributed by atoms with Crippen molar-refractivity contribution in [2.24, 2.45) is 17.1 Å². The molecule has 1 fully saturated rings. The lowest BCUT2D eigenvalue weighted by molar-refractivity contribution is -0.126. The second-order valence-electron chi connectivity index (χ2n) is 5.75. The first-order valence-electron chi connectivity index (χ1n) is 6.98. The van der Waals surface area contributed by atoms with Crippen molar-refractivity contribution in [2.45, 2.75) is 20.3 Å². The zero-order chi connectivity index (χ0) is 15.6. The Morgan fingerprint density at radius 2 is 2.14 bits per heavy atom. The highest BCUT2D eigenvalue weighted by atomic mass is 19.1. The number of halogens is 1. The summed E-state index contributed by atoms with van der Waals surface area (Å²) in [5, 5.41) is 5.78. The minimum Gasteiger partial charge on any atom is -0.366 e. The summed E-state index contributed by atoms with van der Waals surface area (Å²) in [6.07, 6.45) is 0.702. The van der Waals surface area contributed by atoms with Crippen LogP contribution in [0.5, 0.6) is 0 Å².